The molecule has 0 aromatic carbocycles. The lowest BCUT2D eigenvalue weighted by Gasteiger charge is -2.37. The number of pyridine rings is 1. The van der Waals surface area contributed by atoms with Gasteiger partial charge in [-0.15, -0.1) is 0 Å². The zero-order valence-electron chi connectivity index (χ0n) is 14.6. The Morgan fingerprint density at radius 3 is 2.15 bits per heavy atom. The third-order valence-electron chi connectivity index (χ3n) is 4.07. The van der Waals surface area contributed by atoms with E-state index in [2.05, 4.69) is 9.38 Å². The third-order valence-corrected chi connectivity index (χ3v) is 5.78. The van der Waals surface area contributed by atoms with Crippen LogP contribution in [0.1, 0.15) is 45.0 Å². The van der Waals surface area contributed by atoms with Gasteiger partial charge in [-0.05, 0) is 45.7 Å². The fourth-order valence-electron chi connectivity index (χ4n) is 2.45. The summed E-state index contributed by atoms with van der Waals surface area (Å²) in [7, 11) is -1.87. The van der Waals surface area contributed by atoms with Crippen LogP contribution in [-0.4, -0.2) is 25.8 Å². The number of alkyl halides is 6. The summed E-state index contributed by atoms with van der Waals surface area (Å²) in [5.41, 5.74) is -1.75. The molecule has 3 nitrogen and oxygen atoms in total. The normalized spacial score (nSPS) is 23.1. The van der Waals surface area contributed by atoms with Gasteiger partial charge in [-0.1, -0.05) is 11.6 Å². The van der Waals surface area contributed by atoms with E-state index in [1.54, 1.807) is 20.8 Å². The highest BCUT2D eigenvalue weighted by Crippen LogP contribution is 2.46. The van der Waals surface area contributed by atoms with Gasteiger partial charge in [0.15, 0.2) is 5.69 Å². The molecule has 0 saturated heterocycles. The van der Waals surface area contributed by atoms with E-state index >= 15 is 0 Å². The van der Waals surface area contributed by atoms with Crippen molar-refractivity contribution in [3.63, 3.8) is 0 Å². The van der Waals surface area contributed by atoms with Gasteiger partial charge in [-0.2, -0.15) is 30.7 Å². The Kier molecular flexibility index (Phi) is 6.02. The molecule has 1 fully saturated rings. The van der Waals surface area contributed by atoms with Crippen LogP contribution < -0.4 is 0 Å². The number of hydrogen-bond acceptors (Lipinski definition) is 2. The van der Waals surface area contributed by atoms with Crippen LogP contribution in [0.5, 0.6) is 0 Å². The predicted molar refractivity (Wildman–Crippen MR) is 91.0 cm³/mol. The Balaban J connectivity index is 2.46. The molecule has 0 amide bonds. The maximum absolute atomic E-state index is 13.1. The fourth-order valence-corrected chi connectivity index (χ4v) is 3.36. The molecular weight excluding hydrogens is 418 g/mol. The predicted octanol–water partition coefficient (Wildman–Crippen LogP) is 5.59. The molecule has 0 unspecified atom stereocenters. The highest BCUT2D eigenvalue weighted by Gasteiger charge is 2.50. The Labute approximate surface area is 159 Å². The minimum atomic E-state index is -4.84. The molecular formula is C16H17ClF6N2OS. The van der Waals surface area contributed by atoms with Crippen molar-refractivity contribution in [1.82, 2.24) is 4.98 Å². The average molecular weight is 435 g/mol. The van der Waals surface area contributed by atoms with E-state index in [0.29, 0.717) is 0 Å². The molecule has 0 N–H and O–H groups in total. The largest absolute Gasteiger partial charge is 0.434 e. The Bertz CT molecular complexity index is 764. The summed E-state index contributed by atoms with van der Waals surface area (Å²) in [6, 6.07) is 2.11. The van der Waals surface area contributed by atoms with E-state index in [1.807, 2.05) is 0 Å². The number of aromatic nitrogens is 1. The standard InChI is InChI=1S/C16H17ClF6N2OS/c1-14(2,3)27(26)25-12(8-6-9(7-8)15(18,19)20)11-5-4-10(17)13(24-11)16(21,22)23/h4-5,8-9H,6-7H2,1-3H3/t8?,9?,27-/m1/s1. The highest BCUT2D eigenvalue weighted by molar-refractivity contribution is 7.85. The van der Waals surface area contributed by atoms with Gasteiger partial charge in [0.2, 0.25) is 0 Å². The first-order valence-electron chi connectivity index (χ1n) is 7.92. The number of halogens is 7. The van der Waals surface area contributed by atoms with Gasteiger partial charge in [0.05, 0.1) is 27.1 Å². The quantitative estimate of drug-likeness (QED) is 0.459. The van der Waals surface area contributed by atoms with Gasteiger partial charge >= 0.3 is 12.4 Å². The van der Waals surface area contributed by atoms with Crippen LogP contribution >= 0.6 is 11.6 Å². The maximum Gasteiger partial charge on any atom is 0.434 e. The highest BCUT2D eigenvalue weighted by atomic mass is 35.5. The van der Waals surface area contributed by atoms with Crippen LogP contribution in [0.4, 0.5) is 26.3 Å². The Morgan fingerprint density at radius 2 is 1.70 bits per heavy atom. The molecule has 1 saturated carbocycles. The summed E-state index contributed by atoms with van der Waals surface area (Å²) in [5, 5.41) is -0.635. The molecule has 1 heterocycles. The van der Waals surface area contributed by atoms with E-state index in [4.69, 9.17) is 11.6 Å². The lowest BCUT2D eigenvalue weighted by molar-refractivity contribution is -0.198. The molecule has 2 rings (SSSR count). The zero-order chi connectivity index (χ0) is 20.8. The molecule has 27 heavy (non-hydrogen) atoms. The molecule has 1 atom stereocenters. The molecule has 152 valence electrons. The second kappa shape index (κ2) is 7.35. The van der Waals surface area contributed by atoms with Gasteiger partial charge in [0, 0.05) is 5.92 Å². The van der Waals surface area contributed by atoms with Crippen molar-refractivity contribution >= 4 is 28.3 Å². The molecule has 11 heteroatoms. The Morgan fingerprint density at radius 1 is 1.15 bits per heavy atom. The monoisotopic (exact) mass is 434 g/mol. The van der Waals surface area contributed by atoms with E-state index < -0.39 is 50.6 Å². The van der Waals surface area contributed by atoms with Crippen molar-refractivity contribution in [2.45, 2.75) is 50.7 Å². The van der Waals surface area contributed by atoms with Gasteiger partial charge in [0.1, 0.15) is 11.0 Å². The van der Waals surface area contributed by atoms with Crippen molar-refractivity contribution in [2.24, 2.45) is 16.2 Å². The summed E-state index contributed by atoms with van der Waals surface area (Å²) in [5.74, 6) is -2.34. The topological polar surface area (TPSA) is 42.3 Å². The van der Waals surface area contributed by atoms with E-state index in [1.165, 1.54) is 0 Å². The molecule has 1 aliphatic carbocycles. The first kappa shape index (κ1) is 22.1. The molecule has 1 aliphatic rings. The molecule has 0 radical (unpaired) electrons. The van der Waals surface area contributed by atoms with Gasteiger partial charge in [-0.25, -0.2) is 9.19 Å². The molecule has 0 bridgehead atoms. The van der Waals surface area contributed by atoms with Crippen molar-refractivity contribution < 1.29 is 30.6 Å². The summed E-state index contributed by atoms with van der Waals surface area (Å²) in [6.45, 7) is 4.79. The summed E-state index contributed by atoms with van der Waals surface area (Å²) in [4.78, 5) is 3.47. The molecule has 1 aromatic heterocycles. The minimum Gasteiger partial charge on any atom is -0.240 e. The van der Waals surface area contributed by atoms with Crippen molar-refractivity contribution in [1.29, 1.82) is 0 Å². The second-order valence-corrected chi connectivity index (χ2v) is 9.58. The maximum atomic E-state index is 13.1. The third kappa shape index (κ3) is 5.22. The lowest BCUT2D eigenvalue weighted by Crippen LogP contribution is -2.40. The number of nitrogens with zero attached hydrogens (tertiary/aromatic N) is 2. The van der Waals surface area contributed by atoms with Gasteiger partial charge in [-0.3, -0.25) is 0 Å². The fraction of sp³-hybridized carbons (Fsp3) is 0.625. The van der Waals surface area contributed by atoms with Crippen molar-refractivity contribution in [2.75, 3.05) is 0 Å². The number of rotatable bonds is 3. The van der Waals surface area contributed by atoms with Gasteiger partial charge in [0.25, 0.3) is 0 Å². The summed E-state index contributed by atoms with van der Waals surface area (Å²) in [6.07, 6.45) is -9.91. The average Bonchev–Trinajstić information content (AvgIpc) is 2.41. The zero-order valence-corrected chi connectivity index (χ0v) is 16.2. The van der Waals surface area contributed by atoms with Crippen LogP contribution in [-0.2, 0) is 17.2 Å². The van der Waals surface area contributed by atoms with E-state index in [0.717, 1.165) is 12.1 Å². The van der Waals surface area contributed by atoms with E-state index in [9.17, 15) is 30.6 Å². The van der Waals surface area contributed by atoms with Crippen molar-refractivity contribution in [3.8, 4) is 0 Å². The summed E-state index contributed by atoms with van der Waals surface area (Å²) >= 11 is 5.54. The molecule has 1 aromatic rings. The Hall–Kier alpha value is -1.16. The first-order valence-corrected chi connectivity index (χ1v) is 9.40. The minimum absolute atomic E-state index is 0.120. The van der Waals surface area contributed by atoms with Crippen LogP contribution in [0, 0.1) is 11.8 Å². The van der Waals surface area contributed by atoms with Crippen LogP contribution in [0.15, 0.2) is 16.5 Å². The lowest BCUT2D eigenvalue weighted by atomic mass is 9.71. The van der Waals surface area contributed by atoms with E-state index in [-0.39, 0.29) is 24.2 Å². The molecule has 0 aliphatic heterocycles. The van der Waals surface area contributed by atoms with Gasteiger partial charge < -0.3 is 0 Å². The van der Waals surface area contributed by atoms with Crippen LogP contribution in [0.3, 0.4) is 0 Å². The van der Waals surface area contributed by atoms with Crippen molar-refractivity contribution in [3.05, 3.63) is 28.5 Å². The second-order valence-electron chi connectivity index (χ2n) is 7.27. The number of hydrogen-bond donors (Lipinski definition) is 0. The SMILES string of the molecule is CC(C)(C)[S@@](=O)N=C(c1ccc(Cl)c(C(F)(F)F)n1)C1CC(C(F)(F)F)C1. The van der Waals surface area contributed by atoms with Crippen LogP contribution in [0.25, 0.3) is 0 Å². The molecule has 0 spiro atoms. The first-order chi connectivity index (χ1) is 12.1. The summed E-state index contributed by atoms with van der Waals surface area (Å²) < 4.78 is 93.0. The smallest absolute Gasteiger partial charge is 0.240 e. The van der Waals surface area contributed by atoms with Crippen LogP contribution in [0.2, 0.25) is 5.02 Å².